The first-order chi connectivity index (χ1) is 8.64. The van der Waals surface area contributed by atoms with Gasteiger partial charge in [-0.3, -0.25) is 0 Å². The van der Waals surface area contributed by atoms with Crippen LogP contribution in [0.1, 0.15) is 49.2 Å². The van der Waals surface area contributed by atoms with Crippen LogP contribution >= 0.6 is 0 Å². The van der Waals surface area contributed by atoms with Crippen LogP contribution in [0.4, 0.5) is 0 Å². The lowest BCUT2D eigenvalue weighted by Crippen LogP contribution is -2.22. The smallest absolute Gasteiger partial charge is 0.150 e. The van der Waals surface area contributed by atoms with Crippen LogP contribution in [0.3, 0.4) is 0 Å². The highest BCUT2D eigenvalue weighted by molar-refractivity contribution is 7.91. The van der Waals surface area contributed by atoms with E-state index in [4.69, 9.17) is 0 Å². The number of nitrogens with one attached hydrogen (secondary N) is 2. The number of imidazole rings is 1. The molecule has 0 saturated carbocycles. The fraction of sp³-hybridized carbons (Fsp3) is 0.750. The van der Waals surface area contributed by atoms with E-state index in [1.165, 1.54) is 6.42 Å². The van der Waals surface area contributed by atoms with Gasteiger partial charge in [-0.2, -0.15) is 0 Å². The van der Waals surface area contributed by atoms with Crippen molar-refractivity contribution in [1.29, 1.82) is 0 Å². The van der Waals surface area contributed by atoms with Crippen molar-refractivity contribution in [2.75, 3.05) is 18.1 Å². The monoisotopic (exact) mass is 269 g/mol. The summed E-state index contributed by atoms with van der Waals surface area (Å²) in [6.45, 7) is 1.06. The Kier molecular flexibility index (Phi) is 3.15. The van der Waals surface area contributed by atoms with Crippen molar-refractivity contribution >= 4 is 9.84 Å². The molecule has 3 rings (SSSR count). The van der Waals surface area contributed by atoms with Gasteiger partial charge in [0.25, 0.3) is 0 Å². The molecule has 1 atom stereocenters. The maximum absolute atomic E-state index is 11.4. The minimum absolute atomic E-state index is 0.313. The van der Waals surface area contributed by atoms with Gasteiger partial charge < -0.3 is 10.3 Å². The molecule has 2 saturated heterocycles. The summed E-state index contributed by atoms with van der Waals surface area (Å²) in [5, 5.41) is 3.41. The summed E-state index contributed by atoms with van der Waals surface area (Å²) < 4.78 is 22.8. The predicted octanol–water partition coefficient (Wildman–Crippen LogP) is 1.13. The van der Waals surface area contributed by atoms with Crippen LogP contribution in [-0.2, 0) is 9.84 Å². The van der Waals surface area contributed by atoms with E-state index in [9.17, 15) is 8.42 Å². The summed E-state index contributed by atoms with van der Waals surface area (Å²) in [4.78, 5) is 7.83. The van der Waals surface area contributed by atoms with Crippen LogP contribution in [0.5, 0.6) is 0 Å². The van der Waals surface area contributed by atoms with Crippen LogP contribution in [0.25, 0.3) is 0 Å². The van der Waals surface area contributed by atoms with Gasteiger partial charge in [-0.1, -0.05) is 0 Å². The second-order valence-corrected chi connectivity index (χ2v) is 7.60. The number of hydrogen-bond acceptors (Lipinski definition) is 4. The average molecular weight is 269 g/mol. The van der Waals surface area contributed by atoms with Crippen molar-refractivity contribution in [2.24, 2.45) is 0 Å². The summed E-state index contributed by atoms with van der Waals surface area (Å²) in [6, 6.07) is 0.353. The lowest BCUT2D eigenvalue weighted by Gasteiger charge is -2.20. The summed E-state index contributed by atoms with van der Waals surface area (Å²) in [5.74, 6) is 1.97. The third-order valence-electron chi connectivity index (χ3n) is 4.00. The molecule has 0 aromatic carbocycles. The molecule has 1 aromatic rings. The molecule has 2 N–H and O–H groups in total. The van der Waals surface area contributed by atoms with E-state index in [1.54, 1.807) is 0 Å². The Labute approximate surface area is 107 Å². The van der Waals surface area contributed by atoms with Crippen LogP contribution < -0.4 is 5.32 Å². The topological polar surface area (TPSA) is 74.8 Å². The first-order valence-electron chi connectivity index (χ1n) is 6.63. The number of nitrogens with zero attached hydrogens (tertiary/aromatic N) is 1. The van der Waals surface area contributed by atoms with Crippen LogP contribution in [-0.4, -0.2) is 36.4 Å². The third kappa shape index (κ3) is 2.44. The highest BCUT2D eigenvalue weighted by Crippen LogP contribution is 2.29. The van der Waals surface area contributed by atoms with Gasteiger partial charge in [-0.25, -0.2) is 13.4 Å². The van der Waals surface area contributed by atoms with Crippen molar-refractivity contribution in [3.05, 3.63) is 17.7 Å². The quantitative estimate of drug-likeness (QED) is 0.844. The van der Waals surface area contributed by atoms with Gasteiger partial charge in [0.05, 0.1) is 17.5 Å². The van der Waals surface area contributed by atoms with Crippen molar-refractivity contribution in [1.82, 2.24) is 15.3 Å². The van der Waals surface area contributed by atoms with Crippen molar-refractivity contribution in [3.8, 4) is 0 Å². The molecular weight excluding hydrogens is 250 g/mol. The normalized spacial score (nSPS) is 28.6. The number of rotatable bonds is 2. The molecule has 0 bridgehead atoms. The summed E-state index contributed by atoms with van der Waals surface area (Å²) in [7, 11) is -2.78. The lowest BCUT2D eigenvalue weighted by atomic mass is 10.00. The minimum atomic E-state index is -2.78. The van der Waals surface area contributed by atoms with Gasteiger partial charge in [0.2, 0.25) is 0 Å². The van der Waals surface area contributed by atoms with Crippen molar-refractivity contribution < 1.29 is 8.42 Å². The number of H-pyrrole nitrogens is 1. The second-order valence-electron chi connectivity index (χ2n) is 5.30. The fourth-order valence-electron chi connectivity index (χ4n) is 2.86. The molecule has 0 aliphatic carbocycles. The van der Waals surface area contributed by atoms with Crippen molar-refractivity contribution in [2.45, 2.75) is 37.6 Å². The molecule has 0 spiro atoms. The van der Waals surface area contributed by atoms with E-state index >= 15 is 0 Å². The van der Waals surface area contributed by atoms with E-state index in [1.807, 2.05) is 6.20 Å². The molecule has 2 aliphatic rings. The van der Waals surface area contributed by atoms with Gasteiger partial charge in [-0.05, 0) is 32.2 Å². The van der Waals surface area contributed by atoms with Crippen molar-refractivity contribution in [3.63, 3.8) is 0 Å². The van der Waals surface area contributed by atoms with E-state index in [0.29, 0.717) is 23.5 Å². The Morgan fingerprint density at radius 1 is 1.22 bits per heavy atom. The maximum Gasteiger partial charge on any atom is 0.150 e. The van der Waals surface area contributed by atoms with Crippen LogP contribution in [0.15, 0.2) is 6.20 Å². The van der Waals surface area contributed by atoms with Gasteiger partial charge in [0.1, 0.15) is 15.7 Å². The molecule has 2 fully saturated rings. The Bertz CT molecular complexity index is 503. The van der Waals surface area contributed by atoms with E-state index in [2.05, 4.69) is 15.3 Å². The number of aromatic nitrogens is 2. The molecule has 0 radical (unpaired) electrons. The van der Waals surface area contributed by atoms with Gasteiger partial charge >= 0.3 is 0 Å². The highest BCUT2D eigenvalue weighted by Gasteiger charge is 2.27. The van der Waals surface area contributed by atoms with Crippen LogP contribution in [0, 0.1) is 0 Å². The summed E-state index contributed by atoms with van der Waals surface area (Å²) >= 11 is 0. The van der Waals surface area contributed by atoms with Gasteiger partial charge in [0.15, 0.2) is 0 Å². The Hall–Kier alpha value is -0.880. The average Bonchev–Trinajstić information content (AvgIpc) is 2.99. The molecule has 18 heavy (non-hydrogen) atoms. The van der Waals surface area contributed by atoms with Crippen LogP contribution in [0.2, 0.25) is 0 Å². The molecule has 0 amide bonds. The standard InChI is InChI=1S/C12H19N3O2S/c16-18(17)6-3-9(4-7-18)11-8-14-12(15-11)10-2-1-5-13-10/h8-10,13H,1-7H2,(H,14,15). The Balaban J connectivity index is 1.70. The second kappa shape index (κ2) is 4.66. The molecule has 1 unspecified atom stereocenters. The lowest BCUT2D eigenvalue weighted by molar-refractivity contribution is 0.543. The van der Waals surface area contributed by atoms with E-state index < -0.39 is 9.84 Å². The molecule has 2 aliphatic heterocycles. The van der Waals surface area contributed by atoms with E-state index in [-0.39, 0.29) is 0 Å². The molecule has 1 aromatic heterocycles. The first kappa shape index (κ1) is 12.2. The molecule has 3 heterocycles. The molecule has 5 nitrogen and oxygen atoms in total. The third-order valence-corrected chi connectivity index (χ3v) is 5.72. The summed E-state index contributed by atoms with van der Waals surface area (Å²) in [6.07, 6.45) is 5.66. The van der Waals surface area contributed by atoms with Gasteiger partial charge in [-0.15, -0.1) is 0 Å². The zero-order chi connectivity index (χ0) is 12.6. The number of hydrogen-bond donors (Lipinski definition) is 2. The number of sulfone groups is 1. The molecule has 100 valence electrons. The zero-order valence-corrected chi connectivity index (χ0v) is 11.2. The fourth-order valence-corrected chi connectivity index (χ4v) is 4.35. The highest BCUT2D eigenvalue weighted by atomic mass is 32.2. The minimum Gasteiger partial charge on any atom is -0.344 e. The Morgan fingerprint density at radius 2 is 2.00 bits per heavy atom. The van der Waals surface area contributed by atoms with Gasteiger partial charge in [0, 0.05) is 17.8 Å². The zero-order valence-electron chi connectivity index (χ0n) is 10.4. The maximum atomic E-state index is 11.4. The summed E-state index contributed by atoms with van der Waals surface area (Å²) in [5.41, 5.74) is 1.11. The largest absolute Gasteiger partial charge is 0.344 e. The Morgan fingerprint density at radius 3 is 2.67 bits per heavy atom. The molecular formula is C12H19N3O2S. The number of aromatic amines is 1. The van der Waals surface area contributed by atoms with E-state index in [0.717, 1.165) is 37.3 Å². The predicted molar refractivity (Wildman–Crippen MR) is 69.2 cm³/mol. The SMILES string of the molecule is O=S1(=O)CCC(c2cnc(C3CCCN3)[nH]2)CC1. The first-order valence-corrected chi connectivity index (χ1v) is 8.45. The molecule has 6 heteroatoms.